The van der Waals surface area contributed by atoms with E-state index >= 15 is 0 Å². The van der Waals surface area contributed by atoms with Crippen LogP contribution >= 0.6 is 15.9 Å². The fourth-order valence-corrected chi connectivity index (χ4v) is 2.07. The van der Waals surface area contributed by atoms with Crippen molar-refractivity contribution in [2.24, 2.45) is 11.0 Å². The zero-order chi connectivity index (χ0) is 11.5. The third kappa shape index (κ3) is 2.10. The Hall–Kier alpha value is -1.34. The van der Waals surface area contributed by atoms with E-state index in [1.165, 1.54) is 0 Å². The molecule has 3 nitrogen and oxygen atoms in total. The number of hydrogen-bond acceptors (Lipinski definition) is 3. The van der Waals surface area contributed by atoms with Gasteiger partial charge in [0.05, 0.1) is 24.2 Å². The second-order valence-electron chi connectivity index (χ2n) is 3.87. The summed E-state index contributed by atoms with van der Waals surface area (Å²) in [6.45, 7) is 2.09. The van der Waals surface area contributed by atoms with Crippen molar-refractivity contribution in [2.75, 3.05) is 5.01 Å². The van der Waals surface area contributed by atoms with Crippen LogP contribution < -0.4 is 5.01 Å². The van der Waals surface area contributed by atoms with Crippen molar-refractivity contribution in [1.29, 1.82) is 5.26 Å². The van der Waals surface area contributed by atoms with Crippen molar-refractivity contribution in [3.8, 4) is 6.07 Å². The van der Waals surface area contributed by atoms with Crippen LogP contribution in [0.3, 0.4) is 0 Å². The molecule has 0 fully saturated rings. The number of hydrogen-bond donors (Lipinski definition) is 0. The van der Waals surface area contributed by atoms with Gasteiger partial charge in [0.1, 0.15) is 0 Å². The lowest BCUT2D eigenvalue weighted by atomic mass is 10.0. The van der Waals surface area contributed by atoms with Crippen LogP contribution in [0.15, 0.2) is 33.8 Å². The van der Waals surface area contributed by atoms with Gasteiger partial charge in [-0.2, -0.15) is 10.4 Å². The van der Waals surface area contributed by atoms with Crippen LogP contribution in [-0.2, 0) is 0 Å². The molecule has 0 radical (unpaired) electrons. The van der Waals surface area contributed by atoms with Gasteiger partial charge in [-0.15, -0.1) is 0 Å². The second-order valence-corrected chi connectivity index (χ2v) is 4.79. The van der Waals surface area contributed by atoms with E-state index in [-0.39, 0.29) is 6.04 Å². The monoisotopic (exact) mass is 277 g/mol. The smallest absolute Gasteiger partial charge is 0.0731 e. The normalized spacial score (nSPS) is 23.4. The average molecular weight is 278 g/mol. The van der Waals surface area contributed by atoms with Gasteiger partial charge in [-0.05, 0) is 24.3 Å². The molecular weight excluding hydrogens is 266 g/mol. The number of rotatable bonds is 2. The van der Waals surface area contributed by atoms with Gasteiger partial charge in [0.2, 0.25) is 0 Å². The maximum Gasteiger partial charge on any atom is 0.0731 e. The quantitative estimate of drug-likeness (QED) is 0.833. The van der Waals surface area contributed by atoms with Crippen LogP contribution in [0.4, 0.5) is 5.69 Å². The summed E-state index contributed by atoms with van der Waals surface area (Å²) in [7, 11) is 0. The van der Waals surface area contributed by atoms with Gasteiger partial charge in [0.25, 0.3) is 0 Å². The highest BCUT2D eigenvalue weighted by Gasteiger charge is 2.28. The van der Waals surface area contributed by atoms with Gasteiger partial charge < -0.3 is 0 Å². The van der Waals surface area contributed by atoms with E-state index in [1.54, 1.807) is 0 Å². The minimum Gasteiger partial charge on any atom is -0.261 e. The molecular formula is C12H12BrN3. The van der Waals surface area contributed by atoms with Crippen molar-refractivity contribution >= 4 is 27.8 Å². The number of nitriles is 1. The Balaban J connectivity index is 2.24. The molecule has 0 aromatic heterocycles. The lowest BCUT2D eigenvalue weighted by molar-refractivity contribution is 0.571. The Labute approximate surface area is 104 Å². The lowest BCUT2D eigenvalue weighted by Gasteiger charge is -2.24. The molecule has 82 valence electrons. The second kappa shape index (κ2) is 4.67. The molecule has 16 heavy (non-hydrogen) atoms. The predicted octanol–water partition coefficient (Wildman–Crippen LogP) is 3.17. The largest absolute Gasteiger partial charge is 0.261 e. The molecule has 0 saturated carbocycles. The van der Waals surface area contributed by atoms with Crippen molar-refractivity contribution in [1.82, 2.24) is 0 Å². The van der Waals surface area contributed by atoms with E-state index in [2.05, 4.69) is 34.0 Å². The van der Waals surface area contributed by atoms with Gasteiger partial charge in [0, 0.05) is 16.6 Å². The van der Waals surface area contributed by atoms with Gasteiger partial charge in [0.15, 0.2) is 0 Å². The summed E-state index contributed by atoms with van der Waals surface area (Å²) < 4.78 is 1.05. The summed E-state index contributed by atoms with van der Waals surface area (Å²) in [5, 5.41) is 15.1. The highest BCUT2D eigenvalue weighted by Crippen LogP contribution is 2.28. The fraction of sp³-hybridized carbons (Fsp3) is 0.333. The minimum atomic E-state index is 0.158. The lowest BCUT2D eigenvalue weighted by Crippen LogP contribution is -2.30. The Morgan fingerprint density at radius 1 is 1.44 bits per heavy atom. The van der Waals surface area contributed by atoms with Crippen LogP contribution in [0.1, 0.15) is 13.3 Å². The summed E-state index contributed by atoms with van der Waals surface area (Å²) in [5.41, 5.74) is 1.03. The molecule has 2 rings (SSSR count). The van der Waals surface area contributed by atoms with Crippen LogP contribution in [0.2, 0.25) is 0 Å². The standard InChI is InChI=1S/C12H12BrN3/c1-9-8-15-16(12(9)6-7-14)11-4-2-10(13)3-5-11/h2-5,8-9,12H,6H2,1H3/t9-,12+/m1/s1. The van der Waals surface area contributed by atoms with Crippen molar-refractivity contribution in [3.63, 3.8) is 0 Å². The first-order chi connectivity index (χ1) is 7.72. The van der Waals surface area contributed by atoms with Gasteiger partial charge in [-0.25, -0.2) is 0 Å². The van der Waals surface area contributed by atoms with Crippen LogP contribution in [0, 0.1) is 17.2 Å². The van der Waals surface area contributed by atoms with Gasteiger partial charge in [-0.1, -0.05) is 22.9 Å². The van der Waals surface area contributed by atoms with E-state index < -0.39 is 0 Å². The maximum atomic E-state index is 8.81. The molecule has 1 aromatic carbocycles. The summed E-state index contributed by atoms with van der Waals surface area (Å²) in [6, 6.07) is 10.4. The summed E-state index contributed by atoms with van der Waals surface area (Å²) in [5.74, 6) is 0.322. The third-order valence-corrected chi connectivity index (χ3v) is 3.27. The van der Waals surface area contributed by atoms with E-state index in [0.29, 0.717) is 12.3 Å². The number of nitrogens with zero attached hydrogens (tertiary/aromatic N) is 3. The SMILES string of the molecule is C[C@@H]1C=NN(c2ccc(Br)cc2)[C@H]1CC#N. The Morgan fingerprint density at radius 3 is 2.75 bits per heavy atom. The van der Waals surface area contributed by atoms with Crippen LogP contribution in [-0.4, -0.2) is 12.3 Å². The van der Waals surface area contributed by atoms with Crippen LogP contribution in [0.5, 0.6) is 0 Å². The highest BCUT2D eigenvalue weighted by molar-refractivity contribution is 9.10. The average Bonchev–Trinajstić information content (AvgIpc) is 2.63. The zero-order valence-electron chi connectivity index (χ0n) is 8.97. The first kappa shape index (κ1) is 11.2. The molecule has 1 aliphatic heterocycles. The van der Waals surface area contributed by atoms with Gasteiger partial charge >= 0.3 is 0 Å². The molecule has 0 aliphatic carbocycles. The molecule has 1 aromatic rings. The molecule has 0 N–H and O–H groups in total. The number of benzene rings is 1. The first-order valence-corrected chi connectivity index (χ1v) is 5.97. The fourth-order valence-electron chi connectivity index (χ4n) is 1.80. The van der Waals surface area contributed by atoms with E-state index in [9.17, 15) is 0 Å². The van der Waals surface area contributed by atoms with Gasteiger partial charge in [-0.3, -0.25) is 5.01 Å². The Morgan fingerprint density at radius 2 is 2.12 bits per heavy atom. The Bertz CT molecular complexity index is 433. The molecule has 0 bridgehead atoms. The summed E-state index contributed by atoms with van der Waals surface area (Å²) >= 11 is 3.40. The molecule has 0 saturated heterocycles. The molecule has 2 atom stereocenters. The Kier molecular flexibility index (Phi) is 3.25. The number of hydrazone groups is 1. The third-order valence-electron chi connectivity index (χ3n) is 2.74. The topological polar surface area (TPSA) is 39.4 Å². The molecule has 0 amide bonds. The molecule has 4 heteroatoms. The number of anilines is 1. The zero-order valence-corrected chi connectivity index (χ0v) is 10.6. The van der Waals surface area contributed by atoms with E-state index in [1.807, 2.05) is 35.5 Å². The minimum absolute atomic E-state index is 0.158. The summed E-state index contributed by atoms with van der Waals surface area (Å²) in [6.07, 6.45) is 2.40. The summed E-state index contributed by atoms with van der Waals surface area (Å²) in [4.78, 5) is 0. The maximum absolute atomic E-state index is 8.81. The van der Waals surface area contributed by atoms with Crippen molar-refractivity contribution < 1.29 is 0 Å². The molecule has 0 unspecified atom stereocenters. The number of halogens is 1. The molecule has 1 heterocycles. The highest BCUT2D eigenvalue weighted by atomic mass is 79.9. The van der Waals surface area contributed by atoms with E-state index in [0.717, 1.165) is 10.2 Å². The van der Waals surface area contributed by atoms with Crippen molar-refractivity contribution in [2.45, 2.75) is 19.4 Å². The van der Waals surface area contributed by atoms with Crippen LogP contribution in [0.25, 0.3) is 0 Å². The molecule has 0 spiro atoms. The van der Waals surface area contributed by atoms with Crippen molar-refractivity contribution in [3.05, 3.63) is 28.7 Å². The predicted molar refractivity (Wildman–Crippen MR) is 68.3 cm³/mol. The molecule has 1 aliphatic rings. The first-order valence-electron chi connectivity index (χ1n) is 5.18. The van der Waals surface area contributed by atoms with E-state index in [4.69, 9.17) is 5.26 Å².